The van der Waals surface area contributed by atoms with Gasteiger partial charge in [-0.25, -0.2) is 4.79 Å². The van der Waals surface area contributed by atoms with Crippen LogP contribution < -0.4 is 4.74 Å². The minimum atomic E-state index is -1.08. The smallest absolute Gasteiger partial charge is 0.373 e. The van der Waals surface area contributed by atoms with Gasteiger partial charge in [-0.1, -0.05) is 40.4 Å². The fraction of sp³-hybridized carbons (Fsp3) is 0.118. The van der Waals surface area contributed by atoms with Crippen molar-refractivity contribution in [2.24, 2.45) is 0 Å². The number of ether oxygens (including phenoxy) is 1. The number of fused-ring (bicyclic) bond motifs is 1. The van der Waals surface area contributed by atoms with Crippen LogP contribution in [0.2, 0.25) is 10.0 Å². The topological polar surface area (TPSA) is 72.9 Å². The molecule has 1 aliphatic heterocycles. The largest absolute Gasteiger partial charge is 0.479 e. The SMILES string of the molecule is CC(Oc1ccc(Cl)c(Cl)c1)C(=O)ON1C(=O)c2ccccc2C1=O. The predicted molar refractivity (Wildman–Crippen MR) is 89.6 cm³/mol. The molecule has 0 spiro atoms. The average Bonchev–Trinajstić information content (AvgIpc) is 2.83. The summed E-state index contributed by atoms with van der Waals surface area (Å²) in [6.07, 6.45) is -1.08. The molecule has 0 N–H and O–H groups in total. The average molecular weight is 380 g/mol. The van der Waals surface area contributed by atoms with Crippen LogP contribution in [0.1, 0.15) is 27.6 Å². The van der Waals surface area contributed by atoms with Gasteiger partial charge in [0.1, 0.15) is 5.75 Å². The summed E-state index contributed by atoms with van der Waals surface area (Å²) in [5.41, 5.74) is 0.358. The Hall–Kier alpha value is -2.57. The lowest BCUT2D eigenvalue weighted by molar-refractivity contribution is -0.176. The molecule has 8 heteroatoms. The molecule has 0 bridgehead atoms. The van der Waals surface area contributed by atoms with Gasteiger partial charge in [0.05, 0.1) is 21.2 Å². The summed E-state index contributed by atoms with van der Waals surface area (Å²) in [6.45, 7) is 1.42. The van der Waals surface area contributed by atoms with E-state index in [1.807, 2.05) is 0 Å². The van der Waals surface area contributed by atoms with E-state index in [0.717, 1.165) is 0 Å². The Morgan fingerprint density at radius 3 is 2.16 bits per heavy atom. The molecule has 2 aromatic rings. The molecule has 0 fully saturated rings. The first-order valence-corrected chi connectivity index (χ1v) is 7.95. The minimum Gasteiger partial charge on any atom is -0.479 e. The van der Waals surface area contributed by atoms with E-state index in [0.29, 0.717) is 15.8 Å². The first kappa shape index (κ1) is 17.3. The third kappa shape index (κ3) is 3.31. The van der Waals surface area contributed by atoms with Gasteiger partial charge in [0.25, 0.3) is 11.8 Å². The van der Waals surface area contributed by atoms with Crippen LogP contribution in [0, 0.1) is 0 Å². The Balaban J connectivity index is 1.69. The zero-order valence-corrected chi connectivity index (χ0v) is 14.4. The number of nitrogens with zero attached hydrogens (tertiary/aromatic N) is 1. The van der Waals surface area contributed by atoms with Crippen molar-refractivity contribution in [1.29, 1.82) is 0 Å². The molecule has 1 aliphatic rings. The molecule has 25 heavy (non-hydrogen) atoms. The third-order valence-corrected chi connectivity index (χ3v) is 4.21. The van der Waals surface area contributed by atoms with E-state index >= 15 is 0 Å². The Morgan fingerprint density at radius 2 is 1.60 bits per heavy atom. The highest BCUT2D eigenvalue weighted by atomic mass is 35.5. The number of hydroxylamine groups is 2. The first-order chi connectivity index (χ1) is 11.9. The number of imide groups is 1. The number of hydrogen-bond acceptors (Lipinski definition) is 5. The van der Waals surface area contributed by atoms with Crippen molar-refractivity contribution in [2.45, 2.75) is 13.0 Å². The number of benzene rings is 2. The lowest BCUT2D eigenvalue weighted by Crippen LogP contribution is -2.37. The second-order valence-electron chi connectivity index (χ2n) is 5.20. The number of carbonyl (C=O) groups is 3. The van der Waals surface area contributed by atoms with Crippen molar-refractivity contribution in [1.82, 2.24) is 5.06 Å². The molecule has 0 saturated carbocycles. The Bertz CT molecular complexity index is 848. The quantitative estimate of drug-likeness (QED) is 0.759. The second-order valence-corrected chi connectivity index (χ2v) is 6.01. The molecule has 0 aliphatic carbocycles. The van der Waals surface area contributed by atoms with Crippen LogP contribution in [0.3, 0.4) is 0 Å². The van der Waals surface area contributed by atoms with Crippen molar-refractivity contribution in [3.63, 3.8) is 0 Å². The maximum Gasteiger partial charge on any atom is 0.373 e. The van der Waals surface area contributed by atoms with Gasteiger partial charge in [-0.3, -0.25) is 9.59 Å². The van der Waals surface area contributed by atoms with Crippen molar-refractivity contribution < 1.29 is 24.0 Å². The zero-order chi connectivity index (χ0) is 18.1. The maximum atomic E-state index is 12.2. The minimum absolute atomic E-state index is 0.179. The molecule has 6 nitrogen and oxygen atoms in total. The lowest BCUT2D eigenvalue weighted by atomic mass is 10.1. The van der Waals surface area contributed by atoms with Gasteiger partial charge < -0.3 is 9.57 Å². The van der Waals surface area contributed by atoms with E-state index in [9.17, 15) is 14.4 Å². The van der Waals surface area contributed by atoms with E-state index in [2.05, 4.69) is 0 Å². The van der Waals surface area contributed by atoms with Gasteiger partial charge in [0.2, 0.25) is 0 Å². The van der Waals surface area contributed by atoms with E-state index in [1.165, 1.54) is 37.3 Å². The van der Waals surface area contributed by atoms with Gasteiger partial charge in [0.15, 0.2) is 6.10 Å². The Labute approximate surface area is 152 Å². The predicted octanol–water partition coefficient (Wildman–Crippen LogP) is 3.52. The molecular weight excluding hydrogens is 369 g/mol. The zero-order valence-electron chi connectivity index (χ0n) is 12.9. The van der Waals surface area contributed by atoms with Crippen LogP contribution in [0.15, 0.2) is 42.5 Å². The molecule has 1 unspecified atom stereocenters. The molecule has 128 valence electrons. The van der Waals surface area contributed by atoms with Gasteiger partial charge in [-0.05, 0) is 31.2 Å². The van der Waals surface area contributed by atoms with Crippen LogP contribution in [0.4, 0.5) is 0 Å². The number of halogens is 2. The van der Waals surface area contributed by atoms with Gasteiger partial charge in [-0.2, -0.15) is 0 Å². The monoisotopic (exact) mass is 379 g/mol. The number of rotatable bonds is 4. The van der Waals surface area contributed by atoms with Crippen LogP contribution in [-0.4, -0.2) is 29.0 Å². The van der Waals surface area contributed by atoms with E-state index in [1.54, 1.807) is 12.1 Å². The Morgan fingerprint density at radius 1 is 1.00 bits per heavy atom. The van der Waals surface area contributed by atoms with Crippen LogP contribution >= 0.6 is 23.2 Å². The van der Waals surface area contributed by atoms with Crippen LogP contribution in [0.25, 0.3) is 0 Å². The molecule has 2 aromatic carbocycles. The summed E-state index contributed by atoms with van der Waals surface area (Å²) in [5, 5.41) is 1.04. The highest BCUT2D eigenvalue weighted by Gasteiger charge is 2.39. The van der Waals surface area contributed by atoms with Crippen molar-refractivity contribution in [3.05, 3.63) is 63.6 Å². The molecule has 3 rings (SSSR count). The van der Waals surface area contributed by atoms with Crippen molar-refractivity contribution in [2.75, 3.05) is 0 Å². The van der Waals surface area contributed by atoms with E-state index in [4.69, 9.17) is 32.8 Å². The molecule has 0 saturated heterocycles. The molecule has 1 heterocycles. The maximum absolute atomic E-state index is 12.2. The summed E-state index contributed by atoms with van der Waals surface area (Å²) in [7, 11) is 0. The number of amides is 2. The highest BCUT2D eigenvalue weighted by Crippen LogP contribution is 2.27. The third-order valence-electron chi connectivity index (χ3n) is 3.47. The van der Waals surface area contributed by atoms with Crippen molar-refractivity contribution >= 4 is 41.0 Å². The van der Waals surface area contributed by atoms with Crippen LogP contribution in [-0.2, 0) is 9.63 Å². The molecule has 0 aromatic heterocycles. The molecular formula is C17H11Cl2NO5. The summed E-state index contributed by atoms with van der Waals surface area (Å²) < 4.78 is 5.40. The van der Waals surface area contributed by atoms with Gasteiger partial charge in [-0.15, -0.1) is 0 Å². The number of carbonyl (C=O) groups excluding carboxylic acids is 3. The fourth-order valence-corrected chi connectivity index (χ4v) is 2.50. The molecule has 2 amide bonds. The fourth-order valence-electron chi connectivity index (χ4n) is 2.22. The molecule has 0 radical (unpaired) electrons. The summed E-state index contributed by atoms with van der Waals surface area (Å²) in [5.74, 6) is -2.01. The second kappa shape index (κ2) is 6.74. The molecule has 1 atom stereocenters. The normalized spacial score (nSPS) is 14.3. The summed E-state index contributed by atoms with van der Waals surface area (Å²) in [6, 6.07) is 10.7. The first-order valence-electron chi connectivity index (χ1n) is 7.20. The van der Waals surface area contributed by atoms with E-state index < -0.39 is 23.9 Å². The van der Waals surface area contributed by atoms with Gasteiger partial charge >= 0.3 is 5.97 Å². The Kier molecular flexibility index (Phi) is 4.65. The summed E-state index contributed by atoms with van der Waals surface area (Å²) in [4.78, 5) is 41.4. The van der Waals surface area contributed by atoms with E-state index in [-0.39, 0.29) is 16.1 Å². The number of hydrogen-bond donors (Lipinski definition) is 0. The summed E-state index contributed by atoms with van der Waals surface area (Å²) >= 11 is 11.7. The lowest BCUT2D eigenvalue weighted by Gasteiger charge is -2.17. The van der Waals surface area contributed by atoms with Crippen molar-refractivity contribution in [3.8, 4) is 5.75 Å². The van der Waals surface area contributed by atoms with Gasteiger partial charge in [0, 0.05) is 6.07 Å². The van der Waals surface area contributed by atoms with Crippen LogP contribution in [0.5, 0.6) is 5.75 Å². The highest BCUT2D eigenvalue weighted by molar-refractivity contribution is 6.42. The standard InChI is InChI=1S/C17H11Cl2NO5/c1-9(24-10-6-7-13(18)14(19)8-10)17(23)25-20-15(21)11-4-2-3-5-12(11)16(20)22/h2-9H,1H3.